The summed E-state index contributed by atoms with van der Waals surface area (Å²) in [4.78, 5) is 35.2. The zero-order chi connectivity index (χ0) is 18.9. The van der Waals surface area contributed by atoms with Crippen LogP contribution in [0.5, 0.6) is 0 Å². The first-order chi connectivity index (χ1) is 12.6. The summed E-state index contributed by atoms with van der Waals surface area (Å²) in [6.45, 7) is 2.73. The molecule has 0 radical (unpaired) electrons. The van der Waals surface area contributed by atoms with Gasteiger partial charge in [-0.15, -0.1) is 6.26 Å². The predicted octanol–water partition coefficient (Wildman–Crippen LogP) is -2.03. The Morgan fingerprint density at radius 3 is 2.56 bits per heavy atom. The van der Waals surface area contributed by atoms with Crippen LogP contribution in [0.2, 0.25) is 0 Å². The molecule has 1 aliphatic rings. The maximum Gasteiger partial charge on any atom is 1.00 e. The molecular weight excluding hydrogens is 379 g/mol. The molecule has 1 heterocycles. The summed E-state index contributed by atoms with van der Waals surface area (Å²) in [6.07, 6.45) is 2.29. The standard InChI is InChI=1S/C17H22N4O4S.Na/c1-2-9-26-10-3-8-18-17(25)19-12-4-6-13(7-5-12)21-16(24)14(11-22)15(23)20-21;/h4-7,11,22H,2-3,8-10H2,1H3,(H,20,23)(H2,18,19,25);/q;+1/p-1/b14-11-;. The minimum Gasteiger partial charge on any atom is -0.877 e. The van der Waals surface area contributed by atoms with Crippen molar-refractivity contribution in [2.45, 2.75) is 19.8 Å². The summed E-state index contributed by atoms with van der Waals surface area (Å²) in [7, 11) is 0. The van der Waals surface area contributed by atoms with Gasteiger partial charge < -0.3 is 15.7 Å². The van der Waals surface area contributed by atoms with Crippen LogP contribution in [-0.4, -0.2) is 35.9 Å². The number of hydrogen-bond donors (Lipinski definition) is 3. The van der Waals surface area contributed by atoms with Crippen molar-refractivity contribution in [1.82, 2.24) is 10.7 Å². The Morgan fingerprint density at radius 1 is 1.26 bits per heavy atom. The molecule has 8 nitrogen and oxygen atoms in total. The van der Waals surface area contributed by atoms with Crippen molar-refractivity contribution in [3.8, 4) is 0 Å². The average molecular weight is 400 g/mol. The van der Waals surface area contributed by atoms with Crippen LogP contribution in [0, 0.1) is 0 Å². The number of nitrogens with one attached hydrogen (secondary N) is 3. The summed E-state index contributed by atoms with van der Waals surface area (Å²) in [5.41, 5.74) is 2.80. The topological polar surface area (TPSA) is 114 Å². The van der Waals surface area contributed by atoms with E-state index in [2.05, 4.69) is 23.0 Å². The van der Waals surface area contributed by atoms with Gasteiger partial charge in [0.25, 0.3) is 11.8 Å². The number of nitrogens with zero attached hydrogens (tertiary/aromatic N) is 1. The fourth-order valence-corrected chi connectivity index (χ4v) is 3.05. The van der Waals surface area contributed by atoms with E-state index >= 15 is 0 Å². The molecule has 2 rings (SSSR count). The number of urea groups is 1. The molecule has 1 aliphatic heterocycles. The zero-order valence-corrected chi connectivity index (χ0v) is 18.2. The smallest absolute Gasteiger partial charge is 0.877 e. The molecule has 0 aliphatic carbocycles. The molecule has 0 spiro atoms. The van der Waals surface area contributed by atoms with E-state index in [0.717, 1.165) is 29.4 Å². The van der Waals surface area contributed by atoms with E-state index < -0.39 is 17.4 Å². The number of carbonyl (C=O) groups is 3. The van der Waals surface area contributed by atoms with Gasteiger partial charge in [-0.3, -0.25) is 15.0 Å². The second-order valence-electron chi connectivity index (χ2n) is 5.51. The van der Waals surface area contributed by atoms with E-state index in [-0.39, 0.29) is 41.9 Å². The molecule has 27 heavy (non-hydrogen) atoms. The minimum atomic E-state index is -0.733. The third kappa shape index (κ3) is 6.76. The predicted molar refractivity (Wildman–Crippen MR) is 99.4 cm³/mol. The van der Waals surface area contributed by atoms with Crippen LogP contribution in [-0.2, 0) is 9.59 Å². The van der Waals surface area contributed by atoms with Crippen molar-refractivity contribution < 1.29 is 49.0 Å². The van der Waals surface area contributed by atoms with Crippen molar-refractivity contribution in [3.63, 3.8) is 0 Å². The van der Waals surface area contributed by atoms with E-state index in [1.165, 1.54) is 0 Å². The van der Waals surface area contributed by atoms with Gasteiger partial charge in [-0.05, 0) is 48.6 Å². The normalized spacial score (nSPS) is 14.7. The third-order valence-electron chi connectivity index (χ3n) is 3.49. The quantitative estimate of drug-likeness (QED) is 0.153. The Kier molecular flexibility index (Phi) is 10.3. The van der Waals surface area contributed by atoms with Crippen LogP contribution in [0.3, 0.4) is 0 Å². The summed E-state index contributed by atoms with van der Waals surface area (Å²) in [5.74, 6) is 0.705. The van der Waals surface area contributed by atoms with Crippen LogP contribution in [0.1, 0.15) is 19.8 Å². The van der Waals surface area contributed by atoms with Gasteiger partial charge in [-0.1, -0.05) is 6.92 Å². The van der Waals surface area contributed by atoms with Crippen LogP contribution >= 0.6 is 11.8 Å². The molecule has 1 saturated heterocycles. The second kappa shape index (κ2) is 11.9. The van der Waals surface area contributed by atoms with Gasteiger partial charge in [0, 0.05) is 12.2 Å². The number of rotatable bonds is 8. The van der Waals surface area contributed by atoms with Gasteiger partial charge in [0.15, 0.2) is 0 Å². The molecule has 0 atom stereocenters. The molecule has 0 saturated carbocycles. The van der Waals surface area contributed by atoms with Crippen molar-refractivity contribution in [1.29, 1.82) is 0 Å². The van der Waals surface area contributed by atoms with Crippen LogP contribution < -0.4 is 55.7 Å². The maximum atomic E-state index is 11.9. The Balaban J connectivity index is 0.00000364. The molecule has 1 fully saturated rings. The largest absolute Gasteiger partial charge is 1.00 e. The summed E-state index contributed by atoms with van der Waals surface area (Å²) in [6, 6.07) is 6.01. The van der Waals surface area contributed by atoms with Crippen molar-refractivity contribution in [2.24, 2.45) is 0 Å². The molecular formula is C17H21N4NaO4S. The summed E-state index contributed by atoms with van der Waals surface area (Å²) >= 11 is 1.87. The second-order valence-corrected chi connectivity index (χ2v) is 6.73. The molecule has 0 aromatic heterocycles. The number of carbonyl (C=O) groups excluding carboxylic acids is 3. The number of amides is 4. The van der Waals surface area contributed by atoms with E-state index in [1.807, 2.05) is 11.8 Å². The number of thioether (sulfide) groups is 1. The Labute approximate surface area is 184 Å². The average Bonchev–Trinajstić information content (AvgIpc) is 2.92. The summed E-state index contributed by atoms with van der Waals surface area (Å²) in [5, 5.41) is 17.2. The number of benzene rings is 1. The molecule has 1 aromatic rings. The number of hydrogen-bond acceptors (Lipinski definition) is 5. The summed E-state index contributed by atoms with van der Waals surface area (Å²) < 4.78 is 0. The molecule has 1 aromatic carbocycles. The van der Waals surface area contributed by atoms with Crippen LogP contribution in [0.4, 0.5) is 16.2 Å². The first kappa shape index (κ1) is 23.4. The van der Waals surface area contributed by atoms with Gasteiger partial charge in [0.1, 0.15) is 0 Å². The van der Waals surface area contributed by atoms with Gasteiger partial charge in [-0.2, -0.15) is 11.8 Å². The van der Waals surface area contributed by atoms with Gasteiger partial charge in [-0.25, -0.2) is 9.80 Å². The van der Waals surface area contributed by atoms with E-state index in [1.54, 1.807) is 24.3 Å². The SMILES string of the molecule is CCCSCCCNC(=O)Nc1ccc(N2NC(=O)/C(=C/[O-])C2=O)cc1.[Na+]. The number of anilines is 2. The van der Waals surface area contributed by atoms with Crippen molar-refractivity contribution in [3.05, 3.63) is 36.1 Å². The Morgan fingerprint density at radius 2 is 1.96 bits per heavy atom. The van der Waals surface area contributed by atoms with E-state index in [9.17, 15) is 19.5 Å². The van der Waals surface area contributed by atoms with Crippen molar-refractivity contribution >= 4 is 41.0 Å². The maximum absolute atomic E-state index is 11.9. The van der Waals surface area contributed by atoms with Crippen molar-refractivity contribution in [2.75, 3.05) is 28.4 Å². The van der Waals surface area contributed by atoms with Crippen LogP contribution in [0.15, 0.2) is 36.1 Å². The van der Waals surface area contributed by atoms with Crippen LogP contribution in [0.25, 0.3) is 0 Å². The molecule has 10 heteroatoms. The first-order valence-corrected chi connectivity index (χ1v) is 9.42. The Hall–Kier alpha value is -1.68. The number of hydrazine groups is 1. The van der Waals surface area contributed by atoms with E-state index in [4.69, 9.17) is 0 Å². The molecule has 0 bridgehead atoms. The fourth-order valence-electron chi connectivity index (χ4n) is 2.21. The Bertz CT molecular complexity index is 697. The van der Waals surface area contributed by atoms with Gasteiger partial charge >= 0.3 is 35.6 Å². The third-order valence-corrected chi connectivity index (χ3v) is 4.77. The van der Waals surface area contributed by atoms with Gasteiger partial charge in [0.2, 0.25) is 0 Å². The molecule has 3 N–H and O–H groups in total. The monoisotopic (exact) mass is 400 g/mol. The van der Waals surface area contributed by atoms with E-state index in [0.29, 0.717) is 17.9 Å². The first-order valence-electron chi connectivity index (χ1n) is 8.27. The molecule has 4 amide bonds. The van der Waals surface area contributed by atoms with Gasteiger partial charge in [0.05, 0.1) is 11.3 Å². The zero-order valence-electron chi connectivity index (χ0n) is 15.4. The molecule has 0 unspecified atom stereocenters. The minimum absolute atomic E-state index is 0. The fraction of sp³-hybridized carbons (Fsp3) is 0.353. The molecule has 140 valence electrons.